The third-order valence-corrected chi connectivity index (χ3v) is 3.83. The normalized spacial score (nSPS) is 17.1. The number of hydrogen-bond donors (Lipinski definition) is 1. The van der Waals surface area contributed by atoms with Gasteiger partial charge in [-0.25, -0.2) is 4.98 Å². The molecule has 0 atom stereocenters. The molecule has 1 fully saturated rings. The first-order valence-corrected chi connectivity index (χ1v) is 7.24. The lowest BCUT2D eigenvalue weighted by molar-refractivity contribution is 0.559. The SMILES string of the molecule is Cn1ccc(-c2nc(N)nc(C3CCCCCC3)n2)n1. The second-order valence-electron chi connectivity index (χ2n) is 5.44. The molecule has 0 spiro atoms. The highest BCUT2D eigenvalue weighted by molar-refractivity contribution is 5.49. The van der Waals surface area contributed by atoms with Gasteiger partial charge in [0.25, 0.3) is 0 Å². The zero-order chi connectivity index (χ0) is 13.9. The summed E-state index contributed by atoms with van der Waals surface area (Å²) in [6.45, 7) is 0. The largest absolute Gasteiger partial charge is 0.368 e. The molecule has 0 unspecified atom stereocenters. The summed E-state index contributed by atoms with van der Waals surface area (Å²) in [5.41, 5.74) is 6.60. The number of nitrogen functional groups attached to an aromatic ring is 1. The molecule has 1 saturated carbocycles. The van der Waals surface area contributed by atoms with Gasteiger partial charge < -0.3 is 5.73 Å². The molecular weight excluding hydrogens is 252 g/mol. The van der Waals surface area contributed by atoms with Crippen molar-refractivity contribution in [3.8, 4) is 11.5 Å². The predicted molar refractivity (Wildman–Crippen MR) is 76.9 cm³/mol. The Balaban J connectivity index is 1.93. The fourth-order valence-electron chi connectivity index (χ4n) is 2.78. The molecular formula is C14H20N6. The smallest absolute Gasteiger partial charge is 0.223 e. The summed E-state index contributed by atoms with van der Waals surface area (Å²) in [5, 5.41) is 4.34. The molecule has 2 aromatic heterocycles. The Morgan fingerprint density at radius 1 is 1.10 bits per heavy atom. The molecule has 0 amide bonds. The van der Waals surface area contributed by atoms with Crippen LogP contribution in [0.15, 0.2) is 12.3 Å². The van der Waals surface area contributed by atoms with Crippen molar-refractivity contribution < 1.29 is 0 Å². The highest BCUT2D eigenvalue weighted by Crippen LogP contribution is 2.30. The molecule has 0 radical (unpaired) electrons. The van der Waals surface area contributed by atoms with Gasteiger partial charge >= 0.3 is 0 Å². The Bertz CT molecular complexity index is 583. The van der Waals surface area contributed by atoms with Crippen molar-refractivity contribution in [3.05, 3.63) is 18.1 Å². The first-order valence-electron chi connectivity index (χ1n) is 7.24. The first-order chi connectivity index (χ1) is 9.72. The monoisotopic (exact) mass is 272 g/mol. The molecule has 2 aromatic rings. The Morgan fingerprint density at radius 3 is 2.50 bits per heavy atom. The van der Waals surface area contributed by atoms with Crippen molar-refractivity contribution >= 4 is 5.95 Å². The van der Waals surface area contributed by atoms with Crippen molar-refractivity contribution in [1.29, 1.82) is 0 Å². The van der Waals surface area contributed by atoms with Gasteiger partial charge in [0.05, 0.1) is 0 Å². The van der Waals surface area contributed by atoms with Crippen LogP contribution in [0.25, 0.3) is 11.5 Å². The van der Waals surface area contributed by atoms with Crippen molar-refractivity contribution in [3.63, 3.8) is 0 Å². The highest BCUT2D eigenvalue weighted by Gasteiger charge is 2.19. The van der Waals surface area contributed by atoms with Gasteiger partial charge in [-0.2, -0.15) is 15.1 Å². The maximum absolute atomic E-state index is 5.85. The van der Waals surface area contributed by atoms with Gasteiger partial charge in [0.15, 0.2) is 5.82 Å². The third kappa shape index (κ3) is 2.79. The molecule has 1 aliphatic carbocycles. The minimum absolute atomic E-state index is 0.292. The van der Waals surface area contributed by atoms with E-state index >= 15 is 0 Å². The second kappa shape index (κ2) is 5.56. The average molecular weight is 272 g/mol. The van der Waals surface area contributed by atoms with Gasteiger partial charge in [0.2, 0.25) is 5.95 Å². The first kappa shape index (κ1) is 13.0. The minimum Gasteiger partial charge on any atom is -0.368 e. The molecule has 0 saturated heterocycles. The lowest BCUT2D eigenvalue weighted by atomic mass is 9.99. The van der Waals surface area contributed by atoms with Gasteiger partial charge in [-0.3, -0.25) is 4.68 Å². The number of aryl methyl sites for hydroxylation is 1. The molecule has 0 aromatic carbocycles. The molecule has 2 N–H and O–H groups in total. The fourth-order valence-corrected chi connectivity index (χ4v) is 2.78. The van der Waals surface area contributed by atoms with Gasteiger partial charge in [-0.05, 0) is 18.9 Å². The molecule has 0 aliphatic heterocycles. The van der Waals surface area contributed by atoms with Crippen molar-refractivity contribution in [2.24, 2.45) is 7.05 Å². The number of rotatable bonds is 2. The molecule has 0 bridgehead atoms. The summed E-state index contributed by atoms with van der Waals surface area (Å²) in [6, 6.07) is 1.89. The van der Waals surface area contributed by atoms with Crippen LogP contribution in [0.5, 0.6) is 0 Å². The second-order valence-corrected chi connectivity index (χ2v) is 5.44. The zero-order valence-electron chi connectivity index (χ0n) is 11.8. The minimum atomic E-state index is 0.292. The van der Waals surface area contributed by atoms with E-state index in [0.29, 0.717) is 17.7 Å². The summed E-state index contributed by atoms with van der Waals surface area (Å²) in [4.78, 5) is 13.2. The van der Waals surface area contributed by atoms with Gasteiger partial charge in [0.1, 0.15) is 11.5 Å². The van der Waals surface area contributed by atoms with E-state index in [0.717, 1.165) is 24.4 Å². The summed E-state index contributed by atoms with van der Waals surface area (Å²) in [6.07, 6.45) is 9.27. The Morgan fingerprint density at radius 2 is 1.85 bits per heavy atom. The van der Waals surface area contributed by atoms with Gasteiger partial charge in [-0.1, -0.05) is 25.7 Å². The number of nitrogens with two attached hydrogens (primary N) is 1. The molecule has 20 heavy (non-hydrogen) atoms. The Kier molecular flexibility index (Phi) is 3.62. The van der Waals surface area contributed by atoms with Crippen LogP contribution >= 0.6 is 0 Å². The summed E-state index contributed by atoms with van der Waals surface area (Å²) in [7, 11) is 1.88. The molecule has 6 heteroatoms. The maximum atomic E-state index is 5.85. The quantitative estimate of drug-likeness (QED) is 0.848. The number of nitrogens with zero attached hydrogens (tertiary/aromatic N) is 5. The summed E-state index contributed by atoms with van der Waals surface area (Å²) >= 11 is 0. The van der Waals surface area contributed by atoms with Crippen LogP contribution in [0.3, 0.4) is 0 Å². The predicted octanol–water partition coefficient (Wildman–Crippen LogP) is 2.29. The molecule has 3 rings (SSSR count). The third-order valence-electron chi connectivity index (χ3n) is 3.83. The molecule has 106 valence electrons. The van der Waals surface area contributed by atoms with E-state index in [-0.39, 0.29) is 0 Å². The number of hydrogen-bond acceptors (Lipinski definition) is 5. The van der Waals surface area contributed by atoms with Crippen LogP contribution in [0.2, 0.25) is 0 Å². The van der Waals surface area contributed by atoms with E-state index in [1.54, 1.807) is 4.68 Å². The van der Waals surface area contributed by atoms with Crippen molar-refractivity contribution in [1.82, 2.24) is 24.7 Å². The Labute approximate surface area is 118 Å². The van der Waals surface area contributed by atoms with E-state index < -0.39 is 0 Å². The average Bonchev–Trinajstić information content (AvgIpc) is 2.71. The van der Waals surface area contributed by atoms with Crippen LogP contribution < -0.4 is 5.73 Å². The van der Waals surface area contributed by atoms with Crippen LogP contribution in [-0.4, -0.2) is 24.7 Å². The van der Waals surface area contributed by atoms with Crippen molar-refractivity contribution in [2.75, 3.05) is 5.73 Å². The topological polar surface area (TPSA) is 82.5 Å². The standard InChI is InChI=1S/C14H20N6/c1-20-9-8-11(19-20)13-16-12(17-14(15)18-13)10-6-4-2-3-5-7-10/h8-10H,2-7H2,1H3,(H2,15,16,17,18). The van der Waals surface area contributed by atoms with E-state index in [1.807, 2.05) is 19.3 Å². The lowest BCUT2D eigenvalue weighted by Crippen LogP contribution is -2.09. The molecule has 2 heterocycles. The summed E-state index contributed by atoms with van der Waals surface area (Å²) < 4.78 is 1.74. The number of anilines is 1. The Hall–Kier alpha value is -1.98. The zero-order valence-corrected chi connectivity index (χ0v) is 11.8. The van der Waals surface area contributed by atoms with E-state index in [1.165, 1.54) is 25.7 Å². The van der Waals surface area contributed by atoms with Crippen molar-refractivity contribution in [2.45, 2.75) is 44.4 Å². The van der Waals surface area contributed by atoms with Crippen LogP contribution in [0.1, 0.15) is 50.3 Å². The van der Waals surface area contributed by atoms with E-state index in [2.05, 4.69) is 20.1 Å². The van der Waals surface area contributed by atoms with Crippen LogP contribution in [0, 0.1) is 0 Å². The molecule has 1 aliphatic rings. The highest BCUT2D eigenvalue weighted by atomic mass is 15.3. The van der Waals surface area contributed by atoms with Gasteiger partial charge in [0, 0.05) is 19.2 Å². The fraction of sp³-hybridized carbons (Fsp3) is 0.571. The van der Waals surface area contributed by atoms with E-state index in [9.17, 15) is 0 Å². The van der Waals surface area contributed by atoms with Crippen LogP contribution in [0.4, 0.5) is 5.95 Å². The summed E-state index contributed by atoms with van der Waals surface area (Å²) in [5.74, 6) is 2.11. The lowest BCUT2D eigenvalue weighted by Gasteiger charge is -2.13. The van der Waals surface area contributed by atoms with Crippen LogP contribution in [-0.2, 0) is 7.05 Å². The maximum Gasteiger partial charge on any atom is 0.223 e. The number of aromatic nitrogens is 5. The van der Waals surface area contributed by atoms with E-state index in [4.69, 9.17) is 5.73 Å². The molecule has 6 nitrogen and oxygen atoms in total. The van der Waals surface area contributed by atoms with Gasteiger partial charge in [-0.15, -0.1) is 0 Å².